The van der Waals surface area contributed by atoms with Gasteiger partial charge in [0.15, 0.2) is 0 Å². The number of pyridine rings is 2. The van der Waals surface area contributed by atoms with Crippen molar-refractivity contribution >= 4 is 18.0 Å². The molecule has 0 unspecified atom stereocenters. The molecule has 11 nitrogen and oxygen atoms in total. The number of amides is 4. The summed E-state index contributed by atoms with van der Waals surface area (Å²) >= 11 is 0. The molecule has 0 bridgehead atoms. The number of aromatic nitrogens is 2. The smallest absolute Gasteiger partial charge is 0.407 e. The molecule has 11 heteroatoms. The van der Waals surface area contributed by atoms with Crippen LogP contribution in [-0.2, 0) is 35.5 Å². The number of ether oxygens (including phenoxy) is 1. The molecule has 4 rings (SSSR count). The molecular weight excluding hydrogens is 632 g/mol. The Hall–Kier alpha value is -5.29. The Labute approximate surface area is 294 Å². The Morgan fingerprint density at radius 1 is 0.820 bits per heavy atom. The number of aliphatic hydroxyl groups excluding tert-OH is 1. The van der Waals surface area contributed by atoms with Crippen LogP contribution in [0.1, 0.15) is 49.1 Å². The first-order valence-corrected chi connectivity index (χ1v) is 17.0. The van der Waals surface area contributed by atoms with Crippen LogP contribution in [0.5, 0.6) is 0 Å². The first kappa shape index (κ1) is 37.5. The van der Waals surface area contributed by atoms with E-state index in [4.69, 9.17) is 4.74 Å². The summed E-state index contributed by atoms with van der Waals surface area (Å²) < 4.78 is 5.46. The van der Waals surface area contributed by atoms with Gasteiger partial charge in [-0.05, 0) is 54.5 Å². The summed E-state index contributed by atoms with van der Waals surface area (Å²) in [5, 5.41) is 20.6. The highest BCUT2D eigenvalue weighted by molar-refractivity contribution is 5.87. The second kappa shape index (κ2) is 19.6. The van der Waals surface area contributed by atoms with Gasteiger partial charge in [0.1, 0.15) is 12.6 Å². The standard InChI is InChI=1S/C39H48N6O5/c1-4-28(2)36(44-38(48)45(3)26-32-19-11-12-21-41-32)37(47)42-33(22-29-14-7-5-8-15-29)24-35(46)34(23-30-16-9-6-10-17-30)43-39(49)50-27-31-18-13-20-40-25-31/h5-21,25,28,33-36,46H,4,22-24,26-27H2,1-3H3,(H,42,47)(H,43,49)(H,44,48)/t28-,33+,34-,35-,36-/m0/s1. The van der Waals surface area contributed by atoms with Crippen molar-refractivity contribution in [1.29, 1.82) is 0 Å². The van der Waals surface area contributed by atoms with Crippen LogP contribution in [0.4, 0.5) is 9.59 Å². The number of carbonyl (C=O) groups is 3. The zero-order valence-corrected chi connectivity index (χ0v) is 28.9. The molecule has 0 saturated heterocycles. The molecule has 5 atom stereocenters. The van der Waals surface area contributed by atoms with E-state index >= 15 is 0 Å². The Morgan fingerprint density at radius 3 is 2.10 bits per heavy atom. The maximum absolute atomic E-state index is 14.0. The summed E-state index contributed by atoms with van der Waals surface area (Å²) in [6.45, 7) is 4.19. The predicted octanol–water partition coefficient (Wildman–Crippen LogP) is 5.05. The lowest BCUT2D eigenvalue weighted by atomic mass is 9.92. The number of alkyl carbamates (subject to hydrolysis) is 1. The Kier molecular flexibility index (Phi) is 14.7. The minimum atomic E-state index is -1.06. The average molecular weight is 681 g/mol. The lowest BCUT2D eigenvalue weighted by molar-refractivity contribution is -0.125. The molecule has 4 N–H and O–H groups in total. The fourth-order valence-electron chi connectivity index (χ4n) is 5.57. The third kappa shape index (κ3) is 12.3. The number of hydrogen-bond acceptors (Lipinski definition) is 7. The maximum atomic E-state index is 14.0. The van der Waals surface area contributed by atoms with E-state index in [0.29, 0.717) is 19.3 Å². The minimum absolute atomic E-state index is 0.0281. The summed E-state index contributed by atoms with van der Waals surface area (Å²) in [4.78, 5) is 50.0. The van der Waals surface area contributed by atoms with Crippen LogP contribution in [0.3, 0.4) is 0 Å². The van der Waals surface area contributed by atoms with Crippen molar-refractivity contribution in [3.8, 4) is 0 Å². The largest absolute Gasteiger partial charge is 0.445 e. The number of urea groups is 1. The Bertz CT molecular complexity index is 1600. The lowest BCUT2D eigenvalue weighted by Crippen LogP contribution is -2.56. The van der Waals surface area contributed by atoms with E-state index < -0.39 is 36.4 Å². The Balaban J connectivity index is 1.49. The number of rotatable bonds is 17. The number of carbonyl (C=O) groups excluding carboxylic acids is 3. The fraction of sp³-hybridized carbons (Fsp3) is 0.359. The molecule has 50 heavy (non-hydrogen) atoms. The van der Waals surface area contributed by atoms with E-state index in [2.05, 4.69) is 25.9 Å². The molecule has 4 amide bonds. The van der Waals surface area contributed by atoms with E-state index in [1.54, 1.807) is 37.8 Å². The third-order valence-electron chi connectivity index (χ3n) is 8.60. The maximum Gasteiger partial charge on any atom is 0.407 e. The monoisotopic (exact) mass is 680 g/mol. The van der Waals surface area contributed by atoms with Gasteiger partial charge in [0, 0.05) is 37.2 Å². The van der Waals surface area contributed by atoms with Crippen LogP contribution in [0.2, 0.25) is 0 Å². The molecule has 0 spiro atoms. The summed E-state index contributed by atoms with van der Waals surface area (Å²) in [5.74, 6) is -0.526. The topological polar surface area (TPSA) is 146 Å². The second-order valence-electron chi connectivity index (χ2n) is 12.6. The van der Waals surface area contributed by atoms with Gasteiger partial charge in [-0.15, -0.1) is 0 Å². The van der Waals surface area contributed by atoms with Gasteiger partial charge < -0.3 is 30.7 Å². The van der Waals surface area contributed by atoms with E-state index in [9.17, 15) is 19.5 Å². The first-order chi connectivity index (χ1) is 24.2. The van der Waals surface area contributed by atoms with Gasteiger partial charge in [0.05, 0.1) is 24.4 Å². The number of hydrogen-bond donors (Lipinski definition) is 4. The third-order valence-corrected chi connectivity index (χ3v) is 8.60. The molecule has 2 aromatic carbocycles. The molecule has 0 aliphatic rings. The summed E-state index contributed by atoms with van der Waals surface area (Å²) in [7, 11) is 1.66. The van der Waals surface area contributed by atoms with Gasteiger partial charge in [-0.2, -0.15) is 0 Å². The fourth-order valence-corrected chi connectivity index (χ4v) is 5.57. The Morgan fingerprint density at radius 2 is 1.48 bits per heavy atom. The molecule has 0 aliphatic carbocycles. The van der Waals surface area contributed by atoms with E-state index in [1.165, 1.54) is 4.90 Å². The number of nitrogens with one attached hydrogen (secondary N) is 3. The highest BCUT2D eigenvalue weighted by Crippen LogP contribution is 2.16. The SMILES string of the molecule is CC[C@H](C)[C@H](NC(=O)N(C)Cc1ccccn1)C(=O)N[C@H](Cc1ccccc1)C[C@H](O)[C@H](Cc1ccccc1)NC(=O)OCc1cccnc1. The van der Waals surface area contributed by atoms with E-state index in [1.807, 2.05) is 92.7 Å². The molecule has 2 heterocycles. The lowest BCUT2D eigenvalue weighted by Gasteiger charge is -2.31. The number of aliphatic hydroxyl groups is 1. The van der Waals surface area contributed by atoms with Gasteiger partial charge in [-0.3, -0.25) is 14.8 Å². The van der Waals surface area contributed by atoms with E-state index in [-0.39, 0.29) is 31.4 Å². The quantitative estimate of drug-likeness (QED) is 0.122. The summed E-state index contributed by atoms with van der Waals surface area (Å²) in [6.07, 6.45) is 4.74. The molecule has 0 aliphatic heterocycles. The molecular formula is C39H48N6O5. The molecule has 0 radical (unpaired) electrons. The summed E-state index contributed by atoms with van der Waals surface area (Å²) in [5.41, 5.74) is 3.35. The van der Waals surface area contributed by atoms with Gasteiger partial charge >= 0.3 is 12.1 Å². The number of benzene rings is 2. The highest BCUT2D eigenvalue weighted by Gasteiger charge is 2.31. The first-order valence-electron chi connectivity index (χ1n) is 17.0. The van der Waals surface area contributed by atoms with Gasteiger partial charge in [0.25, 0.3) is 0 Å². The van der Waals surface area contributed by atoms with E-state index in [0.717, 1.165) is 22.4 Å². The molecule has 2 aromatic heterocycles. The second-order valence-corrected chi connectivity index (χ2v) is 12.6. The zero-order valence-electron chi connectivity index (χ0n) is 28.9. The number of nitrogens with zero attached hydrogens (tertiary/aromatic N) is 3. The predicted molar refractivity (Wildman–Crippen MR) is 192 cm³/mol. The minimum Gasteiger partial charge on any atom is -0.445 e. The van der Waals surface area contributed by atoms with Crippen molar-refractivity contribution in [3.63, 3.8) is 0 Å². The van der Waals surface area contributed by atoms with Gasteiger partial charge in [0.2, 0.25) is 5.91 Å². The van der Waals surface area contributed by atoms with Crippen molar-refractivity contribution < 1.29 is 24.2 Å². The van der Waals surface area contributed by atoms with Crippen molar-refractivity contribution in [2.24, 2.45) is 5.92 Å². The highest BCUT2D eigenvalue weighted by atomic mass is 16.5. The average Bonchev–Trinajstić information content (AvgIpc) is 3.13. The van der Waals surface area contributed by atoms with Crippen LogP contribution in [0.15, 0.2) is 110 Å². The van der Waals surface area contributed by atoms with Crippen LogP contribution < -0.4 is 16.0 Å². The normalized spacial score (nSPS) is 13.9. The zero-order chi connectivity index (χ0) is 35.7. The molecule has 4 aromatic rings. The van der Waals surface area contributed by atoms with Crippen LogP contribution >= 0.6 is 0 Å². The van der Waals surface area contributed by atoms with Crippen LogP contribution in [0, 0.1) is 5.92 Å². The van der Waals surface area contributed by atoms with Crippen molar-refractivity contribution in [2.45, 2.75) is 76.9 Å². The van der Waals surface area contributed by atoms with Gasteiger partial charge in [-0.1, -0.05) is 93.1 Å². The summed E-state index contributed by atoms with van der Waals surface area (Å²) in [6, 6.07) is 25.8. The van der Waals surface area contributed by atoms with Crippen LogP contribution in [-0.4, -0.2) is 69.3 Å². The van der Waals surface area contributed by atoms with Gasteiger partial charge in [-0.25, -0.2) is 9.59 Å². The van der Waals surface area contributed by atoms with Crippen molar-refractivity contribution in [3.05, 3.63) is 132 Å². The molecule has 0 fully saturated rings. The van der Waals surface area contributed by atoms with Crippen molar-refractivity contribution in [1.82, 2.24) is 30.8 Å². The van der Waals surface area contributed by atoms with Crippen molar-refractivity contribution in [2.75, 3.05) is 7.05 Å². The molecule has 264 valence electrons. The molecule has 0 saturated carbocycles. The van der Waals surface area contributed by atoms with Crippen LogP contribution in [0.25, 0.3) is 0 Å².